The molecule has 158 valence electrons. The maximum absolute atomic E-state index is 12.6. The second kappa shape index (κ2) is 9.71. The molecule has 30 heavy (non-hydrogen) atoms. The average molecular weight is 409 g/mol. The van der Waals surface area contributed by atoms with Crippen LogP contribution in [0.15, 0.2) is 48.8 Å². The molecule has 2 heterocycles. The molecule has 1 atom stereocenters. The lowest BCUT2D eigenvalue weighted by Gasteiger charge is -2.25. The molecular weight excluding hydrogens is 380 g/mol. The fourth-order valence-electron chi connectivity index (χ4n) is 4.14. The van der Waals surface area contributed by atoms with Crippen molar-refractivity contribution < 1.29 is 14.6 Å². The predicted octanol–water partition coefficient (Wildman–Crippen LogP) is 4.16. The van der Waals surface area contributed by atoms with Gasteiger partial charge in [0.25, 0.3) is 0 Å². The number of hydrogen-bond donors (Lipinski definition) is 2. The summed E-state index contributed by atoms with van der Waals surface area (Å²) < 4.78 is 7.17. The van der Waals surface area contributed by atoms with Gasteiger partial charge in [0, 0.05) is 5.56 Å². The fraction of sp³-hybridized carbons (Fsp3) is 0.435. The highest BCUT2D eigenvalue weighted by molar-refractivity contribution is 5.68. The predicted molar refractivity (Wildman–Crippen MR) is 113 cm³/mol. The first-order valence-electron chi connectivity index (χ1n) is 10.7. The van der Waals surface area contributed by atoms with Crippen LogP contribution < -0.4 is 5.32 Å². The minimum atomic E-state index is -0.436. The summed E-state index contributed by atoms with van der Waals surface area (Å²) in [6, 6.07) is 11.2. The van der Waals surface area contributed by atoms with Gasteiger partial charge < -0.3 is 15.2 Å². The van der Waals surface area contributed by atoms with Crippen molar-refractivity contribution in [3.05, 3.63) is 65.6 Å². The van der Waals surface area contributed by atoms with Crippen LogP contribution in [-0.2, 0) is 18.0 Å². The van der Waals surface area contributed by atoms with Crippen LogP contribution in [0.1, 0.15) is 61.4 Å². The molecule has 0 aliphatic heterocycles. The third kappa shape index (κ3) is 4.97. The Bertz CT molecular complexity index is 965. The van der Waals surface area contributed by atoms with E-state index < -0.39 is 6.09 Å². The summed E-state index contributed by atoms with van der Waals surface area (Å²) >= 11 is 0. The number of rotatable bonds is 6. The molecule has 1 fully saturated rings. The maximum Gasteiger partial charge on any atom is 0.408 e. The van der Waals surface area contributed by atoms with E-state index in [1.54, 1.807) is 10.7 Å². The van der Waals surface area contributed by atoms with Crippen LogP contribution >= 0.6 is 0 Å². The highest BCUT2D eigenvalue weighted by Crippen LogP contribution is 2.33. The van der Waals surface area contributed by atoms with Crippen LogP contribution in [-0.4, -0.2) is 25.8 Å². The summed E-state index contributed by atoms with van der Waals surface area (Å²) in [6.45, 7) is 0.151. The van der Waals surface area contributed by atoms with Crippen LogP contribution in [0.4, 0.5) is 4.79 Å². The summed E-state index contributed by atoms with van der Waals surface area (Å²) in [4.78, 5) is 17.3. The van der Waals surface area contributed by atoms with Gasteiger partial charge in [0.2, 0.25) is 0 Å². The minimum Gasteiger partial charge on any atom is -0.445 e. The van der Waals surface area contributed by atoms with Crippen molar-refractivity contribution in [1.29, 1.82) is 0 Å². The SMILES string of the molecule is O=C(N[C@H](c1cn2ncc(CO)cc2n1)C1CCCCCC1)OCc1ccccc1. The highest BCUT2D eigenvalue weighted by atomic mass is 16.5. The number of hydrogen-bond acceptors (Lipinski definition) is 5. The molecular formula is C23H28N4O3. The number of fused-ring (bicyclic) bond motifs is 1. The summed E-state index contributed by atoms with van der Waals surface area (Å²) in [5.41, 5.74) is 3.10. The molecule has 0 radical (unpaired) electrons. The molecule has 1 aromatic carbocycles. The van der Waals surface area contributed by atoms with Crippen LogP contribution in [0.5, 0.6) is 0 Å². The van der Waals surface area contributed by atoms with E-state index in [0.717, 1.165) is 36.9 Å². The molecule has 0 saturated heterocycles. The van der Waals surface area contributed by atoms with Gasteiger partial charge in [0.15, 0.2) is 5.65 Å². The molecule has 1 aliphatic carbocycles. The molecule has 4 rings (SSSR count). The maximum atomic E-state index is 12.6. The molecule has 2 N–H and O–H groups in total. The number of carbonyl (C=O) groups is 1. The molecule has 0 bridgehead atoms. The Hall–Kier alpha value is -2.93. The van der Waals surface area contributed by atoms with E-state index in [0.29, 0.717) is 17.1 Å². The number of aromatic nitrogens is 3. The van der Waals surface area contributed by atoms with Gasteiger partial charge in [0.05, 0.1) is 30.7 Å². The quantitative estimate of drug-likeness (QED) is 0.598. The summed E-state index contributed by atoms with van der Waals surface area (Å²) in [5, 5.41) is 16.8. The number of aliphatic hydroxyl groups excluding tert-OH is 1. The topological polar surface area (TPSA) is 88.8 Å². The number of ether oxygens (including phenoxy) is 1. The Morgan fingerprint density at radius 1 is 1.17 bits per heavy atom. The molecule has 3 aromatic rings. The zero-order valence-corrected chi connectivity index (χ0v) is 17.0. The third-order valence-corrected chi connectivity index (χ3v) is 5.75. The lowest BCUT2D eigenvalue weighted by Crippen LogP contribution is -2.34. The molecule has 7 nitrogen and oxygen atoms in total. The van der Waals surface area contributed by atoms with Crippen molar-refractivity contribution in [2.75, 3.05) is 0 Å². The van der Waals surface area contributed by atoms with E-state index in [9.17, 15) is 9.90 Å². The summed E-state index contributed by atoms with van der Waals surface area (Å²) in [6.07, 6.45) is 9.92. The zero-order chi connectivity index (χ0) is 20.8. The van der Waals surface area contributed by atoms with Gasteiger partial charge in [-0.1, -0.05) is 56.0 Å². The van der Waals surface area contributed by atoms with Crippen molar-refractivity contribution in [1.82, 2.24) is 19.9 Å². The number of carbonyl (C=O) groups excluding carboxylic acids is 1. The van der Waals surface area contributed by atoms with Crippen molar-refractivity contribution in [3.63, 3.8) is 0 Å². The van der Waals surface area contributed by atoms with Crippen molar-refractivity contribution >= 4 is 11.7 Å². The largest absolute Gasteiger partial charge is 0.445 e. The molecule has 1 amide bonds. The van der Waals surface area contributed by atoms with Gasteiger partial charge in [-0.3, -0.25) is 0 Å². The van der Waals surface area contributed by atoms with E-state index in [1.165, 1.54) is 12.8 Å². The van der Waals surface area contributed by atoms with E-state index in [4.69, 9.17) is 9.72 Å². The smallest absolute Gasteiger partial charge is 0.408 e. The Balaban J connectivity index is 1.53. The fourth-order valence-corrected chi connectivity index (χ4v) is 4.14. The standard InChI is InChI=1S/C23H28N4O3/c28-15-18-12-21-25-20(14-27(21)24-13-18)22(19-10-6-1-2-7-11-19)26-23(29)30-16-17-8-4-3-5-9-17/h3-5,8-9,12-14,19,22,28H,1-2,6-7,10-11,15-16H2,(H,26,29)/t22-/m0/s1. The number of nitrogens with zero attached hydrogens (tertiary/aromatic N) is 3. The monoisotopic (exact) mass is 408 g/mol. The lowest BCUT2D eigenvalue weighted by molar-refractivity contribution is 0.130. The van der Waals surface area contributed by atoms with E-state index in [2.05, 4.69) is 10.4 Å². The van der Waals surface area contributed by atoms with Crippen LogP contribution in [0.2, 0.25) is 0 Å². The van der Waals surface area contributed by atoms with Gasteiger partial charge in [-0.05, 0) is 30.4 Å². The Kier molecular flexibility index (Phi) is 6.59. The van der Waals surface area contributed by atoms with Crippen molar-refractivity contribution in [2.45, 2.75) is 57.8 Å². The van der Waals surface area contributed by atoms with E-state index in [-0.39, 0.29) is 19.3 Å². The number of imidazole rings is 1. The number of benzene rings is 1. The van der Waals surface area contributed by atoms with Crippen molar-refractivity contribution in [3.8, 4) is 0 Å². The van der Waals surface area contributed by atoms with E-state index >= 15 is 0 Å². The zero-order valence-electron chi connectivity index (χ0n) is 17.0. The van der Waals surface area contributed by atoms with Crippen LogP contribution in [0.3, 0.4) is 0 Å². The lowest BCUT2D eigenvalue weighted by atomic mass is 9.90. The minimum absolute atomic E-state index is 0.0815. The van der Waals surface area contributed by atoms with Gasteiger partial charge in [-0.15, -0.1) is 0 Å². The first-order valence-corrected chi connectivity index (χ1v) is 10.7. The Morgan fingerprint density at radius 3 is 2.67 bits per heavy atom. The molecule has 0 unspecified atom stereocenters. The first kappa shape index (κ1) is 20.3. The first-order chi connectivity index (χ1) is 14.7. The molecule has 7 heteroatoms. The Morgan fingerprint density at radius 2 is 1.93 bits per heavy atom. The number of alkyl carbamates (subject to hydrolysis) is 1. The number of amides is 1. The number of nitrogens with one attached hydrogen (secondary N) is 1. The highest BCUT2D eigenvalue weighted by Gasteiger charge is 2.28. The second-order valence-corrected chi connectivity index (χ2v) is 7.93. The average Bonchev–Trinajstić information content (AvgIpc) is 3.01. The van der Waals surface area contributed by atoms with Crippen LogP contribution in [0, 0.1) is 5.92 Å². The van der Waals surface area contributed by atoms with Gasteiger partial charge >= 0.3 is 6.09 Å². The number of aliphatic hydroxyl groups is 1. The van der Waals surface area contributed by atoms with Crippen molar-refractivity contribution in [2.24, 2.45) is 5.92 Å². The van der Waals surface area contributed by atoms with E-state index in [1.807, 2.05) is 42.6 Å². The van der Waals surface area contributed by atoms with Crippen LogP contribution in [0.25, 0.3) is 5.65 Å². The normalized spacial score (nSPS) is 16.2. The second-order valence-electron chi connectivity index (χ2n) is 7.93. The Labute approximate surface area is 176 Å². The summed E-state index contributed by atoms with van der Waals surface area (Å²) in [5.74, 6) is 0.305. The molecule has 1 saturated carbocycles. The molecule has 2 aromatic heterocycles. The molecule has 0 spiro atoms. The van der Waals surface area contributed by atoms with Gasteiger partial charge in [-0.2, -0.15) is 5.10 Å². The summed E-state index contributed by atoms with van der Waals surface area (Å²) in [7, 11) is 0. The third-order valence-electron chi connectivity index (χ3n) is 5.75. The van der Waals surface area contributed by atoms with Gasteiger partial charge in [-0.25, -0.2) is 14.3 Å². The molecule has 1 aliphatic rings. The van der Waals surface area contributed by atoms with Gasteiger partial charge in [0.1, 0.15) is 6.61 Å².